The van der Waals surface area contributed by atoms with Crippen LogP contribution < -0.4 is 0 Å². The van der Waals surface area contributed by atoms with E-state index in [1.165, 1.54) is 0 Å². The molecule has 10 heavy (non-hydrogen) atoms. The molecular formula is C6H11F3O. The third-order valence-corrected chi connectivity index (χ3v) is 0.961. The third-order valence-electron chi connectivity index (χ3n) is 0.961. The Kier molecular flexibility index (Phi) is 3.71. The second-order valence-corrected chi connectivity index (χ2v) is 2.48. The summed E-state index contributed by atoms with van der Waals surface area (Å²) in [5.74, 6) is 0.252. The molecule has 0 radical (unpaired) electrons. The van der Waals surface area contributed by atoms with Crippen molar-refractivity contribution >= 4 is 0 Å². The minimum absolute atomic E-state index is 0.235. The number of ether oxygens (including phenoxy) is 1. The molecule has 0 amide bonds. The highest BCUT2D eigenvalue weighted by Gasteiger charge is 2.28. The summed E-state index contributed by atoms with van der Waals surface area (Å²) in [4.78, 5) is 0. The topological polar surface area (TPSA) is 9.23 Å². The Labute approximate surface area is 58.2 Å². The first kappa shape index (κ1) is 9.75. The van der Waals surface area contributed by atoms with Gasteiger partial charge in [-0.2, -0.15) is 0 Å². The Morgan fingerprint density at radius 3 is 2.10 bits per heavy atom. The summed E-state index contributed by atoms with van der Waals surface area (Å²) in [6.45, 7) is 3.46. The molecule has 0 bridgehead atoms. The first-order chi connectivity index (χ1) is 4.42. The predicted molar refractivity (Wildman–Crippen MR) is 31.5 cm³/mol. The normalized spacial score (nSPS) is 12.6. The molecule has 0 N–H and O–H groups in total. The van der Waals surface area contributed by atoms with E-state index in [1.54, 1.807) is 0 Å². The van der Waals surface area contributed by atoms with Crippen LogP contribution in [0.2, 0.25) is 0 Å². The number of rotatable bonds is 3. The van der Waals surface area contributed by atoms with Gasteiger partial charge in [0.05, 0.1) is 6.61 Å². The lowest BCUT2D eigenvalue weighted by Gasteiger charge is -2.07. The van der Waals surface area contributed by atoms with Gasteiger partial charge in [0.1, 0.15) is 0 Å². The van der Waals surface area contributed by atoms with E-state index in [0.29, 0.717) is 6.42 Å². The van der Waals surface area contributed by atoms with Crippen LogP contribution in [0.1, 0.15) is 20.3 Å². The molecule has 0 heterocycles. The Balaban J connectivity index is 3.21. The Morgan fingerprint density at radius 2 is 1.80 bits per heavy atom. The van der Waals surface area contributed by atoms with Crippen LogP contribution in [0, 0.1) is 5.92 Å². The monoisotopic (exact) mass is 156 g/mol. The molecule has 4 heteroatoms. The fraction of sp³-hybridized carbons (Fsp3) is 1.00. The minimum atomic E-state index is -4.46. The lowest BCUT2D eigenvalue weighted by atomic mass is 10.1. The first-order valence-corrected chi connectivity index (χ1v) is 3.12. The number of alkyl halides is 3. The van der Waals surface area contributed by atoms with Gasteiger partial charge in [0.15, 0.2) is 0 Å². The van der Waals surface area contributed by atoms with E-state index in [1.807, 2.05) is 13.8 Å². The lowest BCUT2D eigenvalue weighted by Crippen LogP contribution is -2.14. The lowest BCUT2D eigenvalue weighted by molar-refractivity contribution is -0.325. The number of hydrogen-bond donors (Lipinski definition) is 0. The van der Waals surface area contributed by atoms with Gasteiger partial charge >= 0.3 is 6.36 Å². The van der Waals surface area contributed by atoms with E-state index >= 15 is 0 Å². The van der Waals surface area contributed by atoms with Crippen molar-refractivity contribution in [2.45, 2.75) is 26.6 Å². The van der Waals surface area contributed by atoms with Crippen LogP contribution in [0.25, 0.3) is 0 Å². The van der Waals surface area contributed by atoms with Gasteiger partial charge in [0, 0.05) is 0 Å². The van der Waals surface area contributed by atoms with Gasteiger partial charge in [0.25, 0.3) is 0 Å². The molecule has 0 aliphatic carbocycles. The molecular weight excluding hydrogens is 145 g/mol. The fourth-order valence-electron chi connectivity index (χ4n) is 0.410. The van der Waals surface area contributed by atoms with Crippen molar-refractivity contribution in [2.24, 2.45) is 5.92 Å². The molecule has 0 rings (SSSR count). The summed E-state index contributed by atoms with van der Waals surface area (Å²) in [5, 5.41) is 0. The van der Waals surface area contributed by atoms with E-state index in [2.05, 4.69) is 4.74 Å². The van der Waals surface area contributed by atoms with Crippen molar-refractivity contribution in [1.29, 1.82) is 0 Å². The number of halogens is 3. The third kappa shape index (κ3) is 7.75. The minimum Gasteiger partial charge on any atom is -0.292 e. The van der Waals surface area contributed by atoms with Crippen LogP contribution in [0.3, 0.4) is 0 Å². The summed E-state index contributed by atoms with van der Waals surface area (Å²) in [6.07, 6.45) is -4.02. The van der Waals surface area contributed by atoms with Gasteiger partial charge in [-0.25, -0.2) is 0 Å². The molecule has 1 nitrogen and oxygen atoms in total. The van der Waals surface area contributed by atoms with Crippen LogP contribution in [0.15, 0.2) is 0 Å². The molecule has 0 aromatic rings. The fourth-order valence-corrected chi connectivity index (χ4v) is 0.410. The highest BCUT2D eigenvalue weighted by Crippen LogP contribution is 2.16. The Morgan fingerprint density at radius 1 is 1.30 bits per heavy atom. The Bertz CT molecular complexity index is 87.5. The van der Waals surface area contributed by atoms with E-state index in [0.717, 1.165) is 0 Å². The van der Waals surface area contributed by atoms with Crippen molar-refractivity contribution in [1.82, 2.24) is 0 Å². The summed E-state index contributed by atoms with van der Waals surface area (Å²) < 4.78 is 37.4. The van der Waals surface area contributed by atoms with Gasteiger partial charge in [-0.1, -0.05) is 13.8 Å². The van der Waals surface area contributed by atoms with Crippen LogP contribution in [0.4, 0.5) is 13.2 Å². The molecule has 0 aliphatic rings. The van der Waals surface area contributed by atoms with Crippen molar-refractivity contribution < 1.29 is 17.9 Å². The molecule has 0 aliphatic heterocycles. The molecule has 0 saturated heterocycles. The van der Waals surface area contributed by atoms with E-state index in [9.17, 15) is 13.2 Å². The maximum Gasteiger partial charge on any atom is 0.522 e. The zero-order valence-corrected chi connectivity index (χ0v) is 6.03. The zero-order chi connectivity index (χ0) is 8.20. The maximum absolute atomic E-state index is 11.3. The van der Waals surface area contributed by atoms with Gasteiger partial charge in [0.2, 0.25) is 0 Å². The molecule has 0 fully saturated rings. The second-order valence-electron chi connectivity index (χ2n) is 2.48. The van der Waals surface area contributed by atoms with Gasteiger partial charge in [-0.15, -0.1) is 13.2 Å². The quantitative estimate of drug-likeness (QED) is 0.610. The molecule has 0 aromatic carbocycles. The van der Waals surface area contributed by atoms with E-state index < -0.39 is 6.36 Å². The molecule has 62 valence electrons. The average Bonchev–Trinajstić information content (AvgIpc) is 1.59. The largest absolute Gasteiger partial charge is 0.522 e. The van der Waals surface area contributed by atoms with Crippen molar-refractivity contribution in [3.05, 3.63) is 0 Å². The molecule has 0 spiro atoms. The van der Waals surface area contributed by atoms with Crippen molar-refractivity contribution in [2.75, 3.05) is 6.61 Å². The summed E-state index contributed by atoms with van der Waals surface area (Å²) in [6, 6.07) is 0. The maximum atomic E-state index is 11.3. The Hall–Kier alpha value is -0.250. The predicted octanol–water partition coefficient (Wildman–Crippen LogP) is 2.57. The van der Waals surface area contributed by atoms with Crippen LogP contribution in [-0.2, 0) is 4.74 Å². The van der Waals surface area contributed by atoms with Crippen molar-refractivity contribution in [3.8, 4) is 0 Å². The van der Waals surface area contributed by atoms with Gasteiger partial charge in [-0.05, 0) is 12.3 Å². The average molecular weight is 156 g/mol. The second kappa shape index (κ2) is 3.81. The molecule has 0 unspecified atom stereocenters. The molecule has 0 saturated carbocycles. The van der Waals surface area contributed by atoms with E-state index in [-0.39, 0.29) is 12.5 Å². The molecule has 0 aromatic heterocycles. The standard InChI is InChI=1S/C6H11F3O/c1-5(2)3-4-10-6(7,8)9/h5H,3-4H2,1-2H3. The summed E-state index contributed by atoms with van der Waals surface area (Å²) >= 11 is 0. The van der Waals surface area contributed by atoms with Crippen LogP contribution in [-0.4, -0.2) is 13.0 Å². The molecule has 0 atom stereocenters. The van der Waals surface area contributed by atoms with E-state index in [4.69, 9.17) is 0 Å². The summed E-state index contributed by atoms with van der Waals surface area (Å²) in [5.41, 5.74) is 0. The first-order valence-electron chi connectivity index (χ1n) is 3.12. The zero-order valence-electron chi connectivity index (χ0n) is 6.03. The summed E-state index contributed by atoms with van der Waals surface area (Å²) in [7, 11) is 0. The number of hydrogen-bond acceptors (Lipinski definition) is 1. The smallest absolute Gasteiger partial charge is 0.292 e. The highest BCUT2D eigenvalue weighted by atomic mass is 19.4. The van der Waals surface area contributed by atoms with Gasteiger partial charge in [-0.3, -0.25) is 4.74 Å². The van der Waals surface area contributed by atoms with Crippen LogP contribution in [0.5, 0.6) is 0 Å². The van der Waals surface area contributed by atoms with Gasteiger partial charge < -0.3 is 0 Å². The van der Waals surface area contributed by atoms with Crippen LogP contribution >= 0.6 is 0 Å². The van der Waals surface area contributed by atoms with Crippen molar-refractivity contribution in [3.63, 3.8) is 0 Å². The highest BCUT2D eigenvalue weighted by molar-refractivity contribution is 4.42. The SMILES string of the molecule is CC(C)CCOC(F)(F)F.